The van der Waals surface area contributed by atoms with Crippen LogP contribution in [0.2, 0.25) is 5.02 Å². The van der Waals surface area contributed by atoms with Crippen molar-refractivity contribution in [2.75, 3.05) is 11.2 Å². The molecule has 136 valence electrons. The van der Waals surface area contributed by atoms with Gasteiger partial charge in [-0.15, -0.1) is 10.2 Å². The zero-order valence-electron chi connectivity index (χ0n) is 14.3. The summed E-state index contributed by atoms with van der Waals surface area (Å²) in [7, 11) is 0. The smallest absolute Gasteiger partial charge is 0.237 e. The summed E-state index contributed by atoms with van der Waals surface area (Å²) in [6, 6.07) is 15.9. The van der Waals surface area contributed by atoms with Crippen LogP contribution in [0.1, 0.15) is 12.5 Å². The van der Waals surface area contributed by atoms with Crippen molar-refractivity contribution >= 4 is 35.0 Å². The molecule has 0 radical (unpaired) electrons. The molecule has 0 aliphatic rings. The van der Waals surface area contributed by atoms with Crippen LogP contribution < -0.4 is 11.2 Å². The predicted octanol–water partition coefficient (Wildman–Crippen LogP) is 3.30. The molecule has 0 unspecified atom stereocenters. The standard InChI is InChI=1S/C18H15ClN6OS/c1-11(17(26)22-15-7-2-4-12(8-15)10-20)27-18-24-23-16(25(18)21)13-5-3-6-14(19)9-13/h2-9,11H,21H2,1H3,(H,22,26)/t11-/m0/s1. The van der Waals surface area contributed by atoms with Gasteiger partial charge in [-0.2, -0.15) is 5.26 Å². The molecule has 7 nitrogen and oxygen atoms in total. The Balaban J connectivity index is 1.71. The average molecular weight is 399 g/mol. The van der Waals surface area contributed by atoms with Crippen LogP contribution in [-0.4, -0.2) is 26.0 Å². The lowest BCUT2D eigenvalue weighted by Gasteiger charge is -2.11. The van der Waals surface area contributed by atoms with Gasteiger partial charge in [-0.3, -0.25) is 4.79 Å². The second kappa shape index (κ2) is 8.12. The Labute approximate surface area is 165 Å². The summed E-state index contributed by atoms with van der Waals surface area (Å²) in [5, 5.41) is 20.4. The van der Waals surface area contributed by atoms with Crippen molar-refractivity contribution < 1.29 is 4.79 Å². The summed E-state index contributed by atoms with van der Waals surface area (Å²) in [4.78, 5) is 12.4. The fourth-order valence-corrected chi connectivity index (χ4v) is 3.26. The maximum absolute atomic E-state index is 12.4. The maximum Gasteiger partial charge on any atom is 0.237 e. The number of thioether (sulfide) groups is 1. The number of anilines is 1. The highest BCUT2D eigenvalue weighted by atomic mass is 35.5. The third kappa shape index (κ3) is 4.39. The average Bonchev–Trinajstić information content (AvgIpc) is 3.02. The lowest BCUT2D eigenvalue weighted by molar-refractivity contribution is -0.115. The van der Waals surface area contributed by atoms with E-state index in [1.54, 1.807) is 49.4 Å². The largest absolute Gasteiger partial charge is 0.335 e. The molecule has 0 saturated heterocycles. The van der Waals surface area contributed by atoms with E-state index in [0.717, 1.165) is 5.56 Å². The van der Waals surface area contributed by atoms with Crippen molar-refractivity contribution in [1.29, 1.82) is 5.26 Å². The van der Waals surface area contributed by atoms with Crippen LogP contribution in [0.25, 0.3) is 11.4 Å². The third-order valence-corrected chi connectivity index (χ3v) is 4.95. The monoisotopic (exact) mass is 398 g/mol. The van der Waals surface area contributed by atoms with E-state index < -0.39 is 5.25 Å². The van der Waals surface area contributed by atoms with Crippen LogP contribution in [0, 0.1) is 11.3 Å². The van der Waals surface area contributed by atoms with Gasteiger partial charge in [0.2, 0.25) is 11.1 Å². The van der Waals surface area contributed by atoms with Crippen molar-refractivity contribution in [3.8, 4) is 17.5 Å². The highest BCUT2D eigenvalue weighted by Gasteiger charge is 2.20. The van der Waals surface area contributed by atoms with Crippen LogP contribution in [-0.2, 0) is 4.79 Å². The first-order chi connectivity index (χ1) is 13.0. The molecule has 3 aromatic rings. The molecule has 27 heavy (non-hydrogen) atoms. The summed E-state index contributed by atoms with van der Waals surface area (Å²) in [5.74, 6) is 6.30. The van der Waals surface area contributed by atoms with Gasteiger partial charge in [-0.05, 0) is 37.3 Å². The van der Waals surface area contributed by atoms with Crippen molar-refractivity contribution in [3.05, 3.63) is 59.1 Å². The Kier molecular flexibility index (Phi) is 5.64. The molecule has 0 bridgehead atoms. The van der Waals surface area contributed by atoms with Crippen LogP contribution in [0.5, 0.6) is 0 Å². The molecule has 2 aromatic carbocycles. The van der Waals surface area contributed by atoms with Crippen LogP contribution in [0.15, 0.2) is 53.7 Å². The number of aromatic nitrogens is 3. The molecule has 0 fully saturated rings. The predicted molar refractivity (Wildman–Crippen MR) is 106 cm³/mol. The topological polar surface area (TPSA) is 110 Å². The number of hydrogen-bond acceptors (Lipinski definition) is 6. The molecule has 1 aromatic heterocycles. The quantitative estimate of drug-likeness (QED) is 0.504. The lowest BCUT2D eigenvalue weighted by atomic mass is 10.2. The summed E-state index contributed by atoms with van der Waals surface area (Å²) in [6.07, 6.45) is 0. The first kappa shape index (κ1) is 18.8. The molecule has 9 heteroatoms. The van der Waals surface area contributed by atoms with Gasteiger partial charge < -0.3 is 11.2 Å². The summed E-state index contributed by atoms with van der Waals surface area (Å²) in [6.45, 7) is 1.74. The molecular weight excluding hydrogens is 384 g/mol. The minimum Gasteiger partial charge on any atom is -0.335 e. The van der Waals surface area contributed by atoms with E-state index in [9.17, 15) is 4.79 Å². The van der Waals surface area contributed by atoms with E-state index in [4.69, 9.17) is 22.7 Å². The van der Waals surface area contributed by atoms with E-state index in [0.29, 0.717) is 27.3 Å². The first-order valence-electron chi connectivity index (χ1n) is 7.92. The number of rotatable bonds is 5. The van der Waals surface area contributed by atoms with Crippen molar-refractivity contribution in [2.45, 2.75) is 17.3 Å². The molecule has 0 spiro atoms. The molecule has 1 atom stereocenters. The van der Waals surface area contributed by atoms with E-state index >= 15 is 0 Å². The number of amides is 1. The second-order valence-corrected chi connectivity index (χ2v) is 7.37. The number of nitrogen functional groups attached to an aromatic ring is 1. The molecule has 1 amide bonds. The SMILES string of the molecule is C[C@H](Sc1nnc(-c2cccc(Cl)c2)n1N)C(=O)Nc1cccc(C#N)c1. The summed E-state index contributed by atoms with van der Waals surface area (Å²) in [5.41, 5.74) is 1.76. The Morgan fingerprint density at radius 2 is 2.07 bits per heavy atom. The molecule has 0 aliphatic carbocycles. The van der Waals surface area contributed by atoms with E-state index in [-0.39, 0.29) is 5.91 Å². The number of nitrogens with zero attached hydrogens (tertiary/aromatic N) is 4. The number of nitrogens with two attached hydrogens (primary N) is 1. The van der Waals surface area contributed by atoms with Gasteiger partial charge in [0, 0.05) is 16.3 Å². The summed E-state index contributed by atoms with van der Waals surface area (Å²) >= 11 is 7.18. The van der Waals surface area contributed by atoms with Gasteiger partial charge in [0.1, 0.15) is 0 Å². The zero-order chi connectivity index (χ0) is 19.4. The second-order valence-electron chi connectivity index (χ2n) is 5.63. The molecule has 3 N–H and O–H groups in total. The Hall–Kier alpha value is -3.02. The molecular formula is C18H15ClN6OS. The van der Waals surface area contributed by atoms with Crippen LogP contribution in [0.3, 0.4) is 0 Å². The van der Waals surface area contributed by atoms with Gasteiger partial charge in [-0.1, -0.05) is 41.6 Å². The number of carbonyl (C=O) groups is 1. The van der Waals surface area contributed by atoms with E-state index in [2.05, 4.69) is 15.5 Å². The fraction of sp³-hybridized carbons (Fsp3) is 0.111. The molecule has 0 aliphatic heterocycles. The molecule has 3 rings (SSSR count). The van der Waals surface area contributed by atoms with Gasteiger partial charge in [0.15, 0.2) is 5.82 Å². The third-order valence-electron chi connectivity index (χ3n) is 3.66. The highest BCUT2D eigenvalue weighted by molar-refractivity contribution is 8.00. The number of halogens is 1. The van der Waals surface area contributed by atoms with Crippen LogP contribution >= 0.6 is 23.4 Å². The zero-order valence-corrected chi connectivity index (χ0v) is 15.8. The van der Waals surface area contributed by atoms with Gasteiger partial charge >= 0.3 is 0 Å². The number of nitriles is 1. The number of benzene rings is 2. The van der Waals surface area contributed by atoms with Crippen molar-refractivity contribution in [1.82, 2.24) is 14.9 Å². The van der Waals surface area contributed by atoms with Gasteiger partial charge in [0.25, 0.3) is 0 Å². The van der Waals surface area contributed by atoms with Crippen molar-refractivity contribution in [3.63, 3.8) is 0 Å². The lowest BCUT2D eigenvalue weighted by Crippen LogP contribution is -2.23. The first-order valence-corrected chi connectivity index (χ1v) is 9.18. The minimum absolute atomic E-state index is 0.234. The Morgan fingerprint density at radius 1 is 1.30 bits per heavy atom. The Bertz CT molecular complexity index is 1030. The fourth-order valence-electron chi connectivity index (χ4n) is 2.30. The molecule has 1 heterocycles. The maximum atomic E-state index is 12.4. The van der Waals surface area contributed by atoms with E-state index in [1.165, 1.54) is 16.4 Å². The number of carbonyl (C=O) groups excluding carboxylic acids is 1. The normalized spacial score (nSPS) is 11.6. The molecule has 0 saturated carbocycles. The number of hydrogen-bond donors (Lipinski definition) is 2. The minimum atomic E-state index is -0.477. The highest BCUT2D eigenvalue weighted by Crippen LogP contribution is 2.26. The summed E-state index contributed by atoms with van der Waals surface area (Å²) < 4.78 is 1.33. The Morgan fingerprint density at radius 3 is 2.81 bits per heavy atom. The van der Waals surface area contributed by atoms with E-state index in [1.807, 2.05) is 12.1 Å². The van der Waals surface area contributed by atoms with Gasteiger partial charge in [0.05, 0.1) is 16.9 Å². The van der Waals surface area contributed by atoms with Crippen molar-refractivity contribution in [2.24, 2.45) is 0 Å². The van der Waals surface area contributed by atoms with Crippen LogP contribution in [0.4, 0.5) is 5.69 Å². The van der Waals surface area contributed by atoms with Gasteiger partial charge in [-0.25, -0.2) is 4.68 Å². The number of nitrogens with one attached hydrogen (secondary N) is 1.